The van der Waals surface area contributed by atoms with Crippen LogP contribution in [0.2, 0.25) is 0 Å². The predicted molar refractivity (Wildman–Crippen MR) is 88.5 cm³/mol. The number of thiazole rings is 1. The largest absolute Gasteiger partial charge is 0.307 e. The molecule has 20 heavy (non-hydrogen) atoms. The normalized spacial score (nSPS) is 23.4. The second kappa shape index (κ2) is 6.57. The lowest BCUT2D eigenvalue weighted by Gasteiger charge is -2.20. The van der Waals surface area contributed by atoms with Crippen LogP contribution in [0, 0.1) is 5.92 Å². The molecule has 2 unspecified atom stereocenters. The van der Waals surface area contributed by atoms with E-state index < -0.39 is 0 Å². The van der Waals surface area contributed by atoms with Crippen molar-refractivity contribution >= 4 is 11.3 Å². The third kappa shape index (κ3) is 4.05. The molecule has 0 aliphatic heterocycles. The number of hydrogen-bond donors (Lipinski definition) is 1. The summed E-state index contributed by atoms with van der Waals surface area (Å²) in [5.74, 6) is 1.67. The average Bonchev–Trinajstić information content (AvgIpc) is 3.01. The Hall–Kier alpha value is -0.410. The molecule has 1 fully saturated rings. The van der Waals surface area contributed by atoms with Crippen LogP contribution < -0.4 is 5.32 Å². The maximum atomic E-state index is 4.96. The highest BCUT2D eigenvalue weighted by Crippen LogP contribution is 2.41. The smallest absolute Gasteiger partial charge is 0.0962 e. The Morgan fingerprint density at radius 1 is 1.25 bits per heavy atom. The highest BCUT2D eigenvalue weighted by molar-refractivity contribution is 7.11. The van der Waals surface area contributed by atoms with Gasteiger partial charge in [0.25, 0.3) is 0 Å². The van der Waals surface area contributed by atoms with E-state index in [4.69, 9.17) is 4.98 Å². The van der Waals surface area contributed by atoms with Gasteiger partial charge in [-0.05, 0) is 52.4 Å². The van der Waals surface area contributed by atoms with Crippen LogP contribution in [0.25, 0.3) is 0 Å². The van der Waals surface area contributed by atoms with Crippen molar-refractivity contribution in [3.05, 3.63) is 15.6 Å². The molecule has 2 atom stereocenters. The van der Waals surface area contributed by atoms with Gasteiger partial charge >= 0.3 is 0 Å². The van der Waals surface area contributed by atoms with Crippen LogP contribution in [-0.4, -0.2) is 10.5 Å². The van der Waals surface area contributed by atoms with Gasteiger partial charge in [0.05, 0.1) is 10.7 Å². The highest BCUT2D eigenvalue weighted by atomic mass is 32.1. The third-order valence-corrected chi connectivity index (χ3v) is 5.64. The molecule has 114 valence electrons. The topological polar surface area (TPSA) is 24.9 Å². The number of rotatable bonds is 5. The van der Waals surface area contributed by atoms with Crippen LogP contribution in [0.3, 0.4) is 0 Å². The van der Waals surface area contributed by atoms with Crippen LogP contribution in [0.5, 0.6) is 0 Å². The van der Waals surface area contributed by atoms with Crippen molar-refractivity contribution in [2.75, 3.05) is 0 Å². The van der Waals surface area contributed by atoms with Crippen molar-refractivity contribution in [3.63, 3.8) is 0 Å². The summed E-state index contributed by atoms with van der Waals surface area (Å²) in [6.07, 6.45) is 6.50. The first-order valence-electron chi connectivity index (χ1n) is 8.16. The molecule has 0 amide bonds. The third-order valence-electron chi connectivity index (χ3n) is 4.38. The van der Waals surface area contributed by atoms with E-state index in [-0.39, 0.29) is 5.54 Å². The quantitative estimate of drug-likeness (QED) is 0.836. The van der Waals surface area contributed by atoms with Gasteiger partial charge in [-0.15, -0.1) is 11.3 Å². The predicted octanol–water partition coefficient (Wildman–Crippen LogP) is 4.89. The second-order valence-corrected chi connectivity index (χ2v) is 8.28. The Labute approximate surface area is 128 Å². The van der Waals surface area contributed by atoms with Crippen molar-refractivity contribution in [1.82, 2.24) is 10.3 Å². The summed E-state index contributed by atoms with van der Waals surface area (Å²) >= 11 is 1.96. The molecular formula is C17H30N2S. The molecule has 1 aromatic rings. The lowest BCUT2D eigenvalue weighted by Crippen LogP contribution is -2.35. The summed E-state index contributed by atoms with van der Waals surface area (Å²) in [6, 6.07) is 0. The van der Waals surface area contributed by atoms with Crippen LogP contribution in [0.15, 0.2) is 0 Å². The lowest BCUT2D eigenvalue weighted by molar-refractivity contribution is 0.425. The molecule has 2 rings (SSSR count). The summed E-state index contributed by atoms with van der Waals surface area (Å²) in [5, 5.41) is 5.01. The fourth-order valence-electron chi connectivity index (χ4n) is 3.01. The minimum absolute atomic E-state index is 0.176. The minimum Gasteiger partial charge on any atom is -0.307 e. The Balaban J connectivity index is 2.06. The standard InChI is InChI=1S/C17H30N2S/c1-6-12-8-9-13(10-12)16-19-14(7-2)15(20-16)11-18-17(3,4)5/h12-13,18H,6-11H2,1-5H3. The summed E-state index contributed by atoms with van der Waals surface area (Å²) in [4.78, 5) is 6.41. The summed E-state index contributed by atoms with van der Waals surface area (Å²) in [7, 11) is 0. The van der Waals surface area contributed by atoms with E-state index in [1.807, 2.05) is 11.3 Å². The number of aromatic nitrogens is 1. The van der Waals surface area contributed by atoms with Gasteiger partial charge in [0.2, 0.25) is 0 Å². The van der Waals surface area contributed by atoms with E-state index in [9.17, 15) is 0 Å². The van der Waals surface area contributed by atoms with Crippen LogP contribution >= 0.6 is 11.3 Å². The molecule has 2 nitrogen and oxygen atoms in total. The van der Waals surface area contributed by atoms with Gasteiger partial charge in [0.15, 0.2) is 0 Å². The fraction of sp³-hybridized carbons (Fsp3) is 0.824. The van der Waals surface area contributed by atoms with Crippen molar-refractivity contribution in [1.29, 1.82) is 0 Å². The van der Waals surface area contributed by atoms with Crippen molar-refractivity contribution in [2.45, 2.75) is 84.7 Å². The zero-order valence-electron chi connectivity index (χ0n) is 13.8. The zero-order chi connectivity index (χ0) is 14.8. The highest BCUT2D eigenvalue weighted by Gasteiger charge is 2.27. The minimum atomic E-state index is 0.176. The Bertz CT molecular complexity index is 431. The summed E-state index contributed by atoms with van der Waals surface area (Å²) in [6.45, 7) is 12.2. The molecule has 3 heteroatoms. The molecular weight excluding hydrogens is 264 g/mol. The molecule has 0 radical (unpaired) electrons. The molecule has 0 spiro atoms. The average molecular weight is 295 g/mol. The van der Waals surface area contributed by atoms with Crippen LogP contribution in [0.4, 0.5) is 0 Å². The number of nitrogens with one attached hydrogen (secondary N) is 1. The second-order valence-electron chi connectivity index (χ2n) is 7.16. The van der Waals surface area contributed by atoms with Crippen molar-refractivity contribution in [2.24, 2.45) is 5.92 Å². The van der Waals surface area contributed by atoms with Crippen molar-refractivity contribution < 1.29 is 0 Å². The first kappa shape index (κ1) is 16.0. The maximum Gasteiger partial charge on any atom is 0.0962 e. The molecule has 1 saturated carbocycles. The van der Waals surface area contributed by atoms with Gasteiger partial charge in [0, 0.05) is 22.9 Å². The fourth-order valence-corrected chi connectivity index (χ4v) is 4.25. The van der Waals surface area contributed by atoms with Gasteiger partial charge < -0.3 is 5.32 Å². The monoisotopic (exact) mass is 294 g/mol. The summed E-state index contributed by atoms with van der Waals surface area (Å²) < 4.78 is 0. The molecule has 0 aromatic carbocycles. The summed E-state index contributed by atoms with van der Waals surface area (Å²) in [5.41, 5.74) is 1.50. The Kier molecular flexibility index (Phi) is 5.25. The number of aryl methyl sites for hydroxylation is 1. The Morgan fingerprint density at radius 2 is 2.00 bits per heavy atom. The molecule has 0 saturated heterocycles. The molecule has 1 aliphatic carbocycles. The van der Waals surface area contributed by atoms with Gasteiger partial charge in [-0.3, -0.25) is 0 Å². The van der Waals surface area contributed by atoms with E-state index in [0.29, 0.717) is 0 Å². The van der Waals surface area contributed by atoms with E-state index >= 15 is 0 Å². The SMILES string of the molecule is CCc1nc(C2CCC(CC)C2)sc1CNC(C)(C)C. The zero-order valence-corrected chi connectivity index (χ0v) is 14.6. The van der Waals surface area contributed by atoms with E-state index in [0.717, 1.165) is 24.8 Å². The molecule has 0 bridgehead atoms. The van der Waals surface area contributed by atoms with E-state index in [1.165, 1.54) is 41.3 Å². The first-order chi connectivity index (χ1) is 9.43. The van der Waals surface area contributed by atoms with Gasteiger partial charge in [-0.2, -0.15) is 0 Å². The molecule has 1 heterocycles. The molecule has 1 N–H and O–H groups in total. The first-order valence-corrected chi connectivity index (χ1v) is 8.98. The number of nitrogens with zero attached hydrogens (tertiary/aromatic N) is 1. The Morgan fingerprint density at radius 3 is 2.55 bits per heavy atom. The lowest BCUT2D eigenvalue weighted by atomic mass is 10.0. The molecule has 1 aromatic heterocycles. The number of hydrogen-bond acceptors (Lipinski definition) is 3. The van der Waals surface area contributed by atoms with Crippen LogP contribution in [0.1, 0.15) is 81.8 Å². The maximum absolute atomic E-state index is 4.96. The van der Waals surface area contributed by atoms with E-state index in [1.54, 1.807) is 0 Å². The van der Waals surface area contributed by atoms with Crippen LogP contribution in [-0.2, 0) is 13.0 Å². The van der Waals surface area contributed by atoms with Gasteiger partial charge in [-0.1, -0.05) is 20.3 Å². The van der Waals surface area contributed by atoms with Crippen molar-refractivity contribution in [3.8, 4) is 0 Å². The van der Waals surface area contributed by atoms with E-state index in [2.05, 4.69) is 39.9 Å². The molecule has 1 aliphatic rings. The van der Waals surface area contributed by atoms with Gasteiger partial charge in [-0.25, -0.2) is 4.98 Å². The van der Waals surface area contributed by atoms with Gasteiger partial charge in [0.1, 0.15) is 0 Å².